The molecule has 364 valence electrons. The van der Waals surface area contributed by atoms with Gasteiger partial charge in [-0.15, -0.1) is 21.5 Å². The lowest BCUT2D eigenvalue weighted by Gasteiger charge is -2.35. The number of hydrogen-bond acceptors (Lipinski definition) is 16. The Morgan fingerprint density at radius 1 is 1.04 bits per heavy atom. The molecule has 70 heavy (non-hydrogen) atoms. The van der Waals surface area contributed by atoms with Gasteiger partial charge in [-0.3, -0.25) is 24.2 Å². The number of carbonyl (C=O) groups excluding carboxylic acids is 4. The van der Waals surface area contributed by atoms with Crippen LogP contribution in [0.25, 0.3) is 37.9 Å². The quantitative estimate of drug-likeness (QED) is 0.117. The average molecular weight is 990 g/mol. The molecular formula is C48H52FN13O6S2. The fourth-order valence-electron chi connectivity index (χ4n) is 8.63. The van der Waals surface area contributed by atoms with Crippen LogP contribution in [0.15, 0.2) is 60.4 Å². The number of benzene rings is 1. The van der Waals surface area contributed by atoms with Crippen LogP contribution in [0.2, 0.25) is 0 Å². The highest BCUT2D eigenvalue weighted by atomic mass is 32.1. The molecular weight excluding hydrogens is 938 g/mol. The number of piperazine rings is 1. The first-order chi connectivity index (χ1) is 33.5. The molecule has 6 aromatic rings. The number of nitrogens with one attached hydrogen (secondary N) is 3. The van der Waals surface area contributed by atoms with Crippen LogP contribution in [-0.2, 0) is 25.7 Å². The van der Waals surface area contributed by atoms with Gasteiger partial charge in [0.05, 0.1) is 56.4 Å². The Morgan fingerprint density at radius 3 is 2.53 bits per heavy atom. The van der Waals surface area contributed by atoms with Crippen molar-refractivity contribution in [1.82, 2.24) is 50.2 Å². The number of nitriles is 1. The van der Waals surface area contributed by atoms with Gasteiger partial charge in [-0.2, -0.15) is 10.4 Å². The van der Waals surface area contributed by atoms with E-state index < -0.39 is 47.0 Å². The molecule has 1 aliphatic carbocycles. The number of aliphatic hydroxyl groups is 1. The topological polar surface area (TPSA) is 236 Å². The van der Waals surface area contributed by atoms with E-state index in [9.17, 15) is 33.9 Å². The van der Waals surface area contributed by atoms with E-state index in [4.69, 9.17) is 9.72 Å². The summed E-state index contributed by atoms with van der Waals surface area (Å²) >= 11 is 2.90. The zero-order valence-electron chi connectivity index (χ0n) is 39.2. The van der Waals surface area contributed by atoms with E-state index in [2.05, 4.69) is 47.2 Å². The fraction of sp³-hybridized carbons (Fsp3) is 0.417. The highest BCUT2D eigenvalue weighted by molar-refractivity contribution is 7.18. The van der Waals surface area contributed by atoms with E-state index in [0.29, 0.717) is 58.9 Å². The Bertz CT molecular complexity index is 3020. The number of alkyl halides is 1. The summed E-state index contributed by atoms with van der Waals surface area (Å²) in [5, 5.41) is 43.5. The summed E-state index contributed by atoms with van der Waals surface area (Å²) in [4.78, 5) is 69.4. The van der Waals surface area contributed by atoms with Gasteiger partial charge in [0.25, 0.3) is 11.8 Å². The maximum Gasteiger partial charge on any atom is 0.260 e. The smallest absolute Gasteiger partial charge is 0.260 e. The largest absolute Gasteiger partial charge is 0.483 e. The molecule has 3 fully saturated rings. The first-order valence-corrected chi connectivity index (χ1v) is 24.6. The van der Waals surface area contributed by atoms with Gasteiger partial charge < -0.3 is 40.5 Å². The van der Waals surface area contributed by atoms with Crippen molar-refractivity contribution in [2.75, 3.05) is 56.6 Å². The number of rotatable bonds is 14. The predicted molar refractivity (Wildman–Crippen MR) is 261 cm³/mol. The molecule has 19 nitrogen and oxygen atoms in total. The van der Waals surface area contributed by atoms with Crippen molar-refractivity contribution >= 4 is 62.6 Å². The molecule has 1 aromatic carbocycles. The summed E-state index contributed by atoms with van der Waals surface area (Å²) in [7, 11) is 1.83. The standard InChI is InChI=1S/C48H52FN13O6S2/c1-27-40(69-26-54-27)29-6-7-30(22-53-42(65)37-18-32(63)24-61(37)44(66)41(47(2,3)4)56-45(67)48(49)10-11-48)38(17-29)68-25-39(64)59-12-14-60(15-13-59)46-58-57-43(70-46)33-23-52-35(19-34(33)51-5)36-9-8-31-16-28(20-50)21-55-62(31)36/h6-9,16-17,19,21,23,26,32,37,41,63H,10-15,18,22,24-25H2,1-5H3,(H,51,52)(H,53,65)(H,56,67)/t32-,37+,41-/m1/s1. The van der Waals surface area contributed by atoms with Gasteiger partial charge in [0, 0.05) is 70.2 Å². The third-order valence-corrected chi connectivity index (χ3v) is 14.8. The molecule has 22 heteroatoms. The summed E-state index contributed by atoms with van der Waals surface area (Å²) in [6, 6.07) is 12.9. The van der Waals surface area contributed by atoms with Crippen LogP contribution in [0.5, 0.6) is 5.75 Å². The van der Waals surface area contributed by atoms with Crippen LogP contribution in [0.1, 0.15) is 56.9 Å². The Kier molecular flexibility index (Phi) is 13.3. The maximum atomic E-state index is 14.7. The van der Waals surface area contributed by atoms with Crippen molar-refractivity contribution in [2.45, 2.75) is 77.4 Å². The average Bonchev–Trinajstić information content (AvgIpc) is 3.84. The molecule has 1 saturated carbocycles. The predicted octanol–water partition coefficient (Wildman–Crippen LogP) is 4.60. The van der Waals surface area contributed by atoms with E-state index in [-0.39, 0.29) is 44.9 Å². The molecule has 5 aromatic heterocycles. The Balaban J connectivity index is 0.834. The summed E-state index contributed by atoms with van der Waals surface area (Å²) in [5.41, 5.74) is 5.47. The first-order valence-electron chi connectivity index (χ1n) is 22.9. The number of nitrogens with zero attached hydrogens (tertiary/aromatic N) is 10. The molecule has 2 saturated heterocycles. The van der Waals surface area contributed by atoms with Crippen LogP contribution in [0.4, 0.5) is 15.2 Å². The summed E-state index contributed by atoms with van der Waals surface area (Å²) in [5.74, 6) is -1.79. The molecule has 4 N–H and O–H groups in total. The van der Waals surface area contributed by atoms with Crippen molar-refractivity contribution in [2.24, 2.45) is 5.41 Å². The number of thiazole rings is 1. The minimum Gasteiger partial charge on any atom is -0.483 e. The van der Waals surface area contributed by atoms with Crippen molar-refractivity contribution < 1.29 is 33.4 Å². The Hall–Kier alpha value is -7.09. The van der Waals surface area contributed by atoms with E-state index >= 15 is 0 Å². The second-order valence-electron chi connectivity index (χ2n) is 18.8. The first kappa shape index (κ1) is 48.0. The van der Waals surface area contributed by atoms with E-state index in [0.717, 1.165) is 38.6 Å². The lowest BCUT2D eigenvalue weighted by molar-refractivity contribution is -0.145. The fourth-order valence-corrected chi connectivity index (χ4v) is 10.4. The molecule has 3 aliphatic rings. The van der Waals surface area contributed by atoms with Gasteiger partial charge in [0.15, 0.2) is 17.3 Å². The van der Waals surface area contributed by atoms with Crippen LogP contribution in [-0.4, -0.2) is 139 Å². The van der Waals surface area contributed by atoms with Gasteiger partial charge in [-0.1, -0.05) is 44.2 Å². The summed E-state index contributed by atoms with van der Waals surface area (Å²) in [6.07, 6.45) is 2.44. The number of aliphatic hydroxyl groups excluding tert-OH is 1. The Morgan fingerprint density at radius 2 is 1.83 bits per heavy atom. The molecule has 0 unspecified atom stereocenters. The molecule has 3 atom stereocenters. The number of aryl methyl sites for hydroxylation is 1. The Labute approximate surface area is 410 Å². The van der Waals surface area contributed by atoms with Gasteiger partial charge in [0.2, 0.25) is 16.9 Å². The molecule has 7 heterocycles. The van der Waals surface area contributed by atoms with Crippen LogP contribution in [0, 0.1) is 23.7 Å². The minimum atomic E-state index is -2.00. The highest BCUT2D eigenvalue weighted by Crippen LogP contribution is 2.41. The molecule has 9 rings (SSSR count). The van der Waals surface area contributed by atoms with Crippen molar-refractivity contribution in [3.05, 3.63) is 77.2 Å². The highest BCUT2D eigenvalue weighted by Gasteiger charge is 2.53. The zero-order chi connectivity index (χ0) is 49.5. The molecule has 0 spiro atoms. The number of aromatic nitrogens is 6. The van der Waals surface area contributed by atoms with E-state index in [1.807, 2.05) is 50.4 Å². The summed E-state index contributed by atoms with van der Waals surface area (Å²) < 4.78 is 22.7. The number of pyridine rings is 1. The molecule has 4 amide bonds. The number of ether oxygens (including phenoxy) is 1. The molecule has 0 radical (unpaired) electrons. The molecule has 2 aliphatic heterocycles. The SMILES string of the molecule is CNc1cc(-c2ccc3cc(C#N)cnn23)ncc1-c1nnc(N2CCN(C(=O)COc3cc(-c4scnc4C)ccc3CNC(=O)[C@@H]3C[C@@H](O)CN3C(=O)[C@@H](NC(=O)C3(F)CC3)C(C)(C)C)CC2)s1. The van der Waals surface area contributed by atoms with Gasteiger partial charge in [0.1, 0.15) is 23.9 Å². The monoisotopic (exact) mass is 989 g/mol. The second-order valence-corrected chi connectivity index (χ2v) is 20.6. The maximum absolute atomic E-state index is 14.7. The van der Waals surface area contributed by atoms with Crippen LogP contribution in [0.3, 0.4) is 0 Å². The van der Waals surface area contributed by atoms with Gasteiger partial charge in [-0.25, -0.2) is 13.9 Å². The second kappa shape index (κ2) is 19.4. The molecule has 0 bridgehead atoms. The van der Waals surface area contributed by atoms with E-state index in [1.54, 1.807) is 48.0 Å². The van der Waals surface area contributed by atoms with Crippen molar-refractivity contribution in [1.29, 1.82) is 5.26 Å². The number of likely N-dealkylation sites (tertiary alicyclic amines) is 1. The lowest BCUT2D eigenvalue weighted by Crippen LogP contribution is -2.59. The van der Waals surface area contributed by atoms with E-state index in [1.165, 1.54) is 33.8 Å². The van der Waals surface area contributed by atoms with Crippen molar-refractivity contribution in [3.8, 4) is 44.2 Å². The number of amides is 4. The number of carbonyl (C=O) groups is 4. The van der Waals surface area contributed by atoms with Crippen LogP contribution >= 0.6 is 22.7 Å². The summed E-state index contributed by atoms with van der Waals surface area (Å²) in [6.45, 7) is 8.60. The van der Waals surface area contributed by atoms with Crippen LogP contribution < -0.4 is 25.6 Å². The third kappa shape index (κ3) is 9.86. The third-order valence-electron chi connectivity index (χ3n) is 12.8. The van der Waals surface area contributed by atoms with Crippen molar-refractivity contribution in [3.63, 3.8) is 0 Å². The number of halogens is 1. The zero-order valence-corrected chi connectivity index (χ0v) is 40.9. The number of anilines is 2. The van der Waals surface area contributed by atoms with Gasteiger partial charge >= 0.3 is 0 Å². The number of hydrogen-bond donors (Lipinski definition) is 4. The number of fused-ring (bicyclic) bond motifs is 1. The minimum absolute atomic E-state index is 0.0198. The number of β-amino-alcohol motifs (C(OH)–C–C–N with tert-alkyl or cyclic N) is 1. The lowest BCUT2D eigenvalue weighted by atomic mass is 9.85. The van der Waals surface area contributed by atoms with Gasteiger partial charge in [-0.05, 0) is 61.1 Å². The normalized spacial score (nSPS) is 18.1.